The molecule has 4 heteroatoms. The molecule has 0 atom stereocenters. The molecule has 0 bridgehead atoms. The van der Waals surface area contributed by atoms with Crippen molar-refractivity contribution in [1.82, 2.24) is 9.97 Å². The van der Waals surface area contributed by atoms with Crippen LogP contribution in [0.15, 0.2) is 200 Å². The number of hydrogen-bond donors (Lipinski definition) is 1. The molecule has 2 heterocycles. The van der Waals surface area contributed by atoms with Crippen LogP contribution < -0.4 is 10.5 Å². The first kappa shape index (κ1) is 32.8. The van der Waals surface area contributed by atoms with Crippen molar-refractivity contribution in [3.05, 3.63) is 222 Å². The molecule has 2 aliphatic rings. The molecule has 4 nitrogen and oxygen atoms in total. The number of fused-ring (bicyclic) bond motifs is 9. The van der Waals surface area contributed by atoms with Gasteiger partial charge in [-0.2, -0.15) is 0 Å². The van der Waals surface area contributed by atoms with Gasteiger partial charge >= 0.3 is 0 Å². The maximum absolute atomic E-state index is 6.62. The van der Waals surface area contributed by atoms with E-state index in [-0.39, 0.29) is 0 Å². The Hall–Kier alpha value is -7.56. The summed E-state index contributed by atoms with van der Waals surface area (Å²) in [7, 11) is 0. The quantitative estimate of drug-likeness (QED) is 0.179. The van der Waals surface area contributed by atoms with E-state index in [1.165, 1.54) is 16.7 Å². The molecule has 268 valence electrons. The lowest BCUT2D eigenvalue weighted by atomic mass is 9.66. The number of ether oxygens (including phenoxy) is 1. The van der Waals surface area contributed by atoms with Gasteiger partial charge in [-0.3, -0.25) is 0 Å². The second-order valence-electron chi connectivity index (χ2n) is 14.8. The second kappa shape index (κ2) is 13.0. The van der Waals surface area contributed by atoms with Crippen LogP contribution in [0.5, 0.6) is 11.5 Å². The largest absolute Gasteiger partial charge is 0.457 e. The van der Waals surface area contributed by atoms with Gasteiger partial charge in [0.1, 0.15) is 11.5 Å². The van der Waals surface area contributed by atoms with Gasteiger partial charge in [0.2, 0.25) is 0 Å². The minimum Gasteiger partial charge on any atom is -0.457 e. The lowest BCUT2D eigenvalue weighted by Crippen LogP contribution is -2.32. The molecular formula is C53H35N3O. The number of para-hydroxylation sites is 2. The number of anilines is 1. The average Bonchev–Trinajstić information content (AvgIpc) is 3.56. The van der Waals surface area contributed by atoms with Gasteiger partial charge in [0.15, 0.2) is 5.82 Å². The molecule has 1 aliphatic carbocycles. The summed E-state index contributed by atoms with van der Waals surface area (Å²) < 4.78 is 6.62. The molecule has 0 unspecified atom stereocenters. The van der Waals surface area contributed by atoms with Crippen LogP contribution in [-0.2, 0) is 5.41 Å². The van der Waals surface area contributed by atoms with Crippen molar-refractivity contribution in [3.63, 3.8) is 0 Å². The number of nitrogen functional groups attached to an aromatic ring is 1. The molecule has 0 amide bonds. The molecule has 11 rings (SSSR count). The highest BCUT2D eigenvalue weighted by Gasteiger charge is 2.51. The molecule has 0 fully saturated rings. The fourth-order valence-corrected chi connectivity index (χ4v) is 8.85. The highest BCUT2D eigenvalue weighted by atomic mass is 16.5. The summed E-state index contributed by atoms with van der Waals surface area (Å²) in [6.07, 6.45) is 0. The first-order chi connectivity index (χ1) is 28.1. The lowest BCUT2D eigenvalue weighted by molar-refractivity contribution is 0.436. The maximum atomic E-state index is 6.62. The summed E-state index contributed by atoms with van der Waals surface area (Å²) in [6, 6.07) is 70.3. The Bertz CT molecular complexity index is 2870. The zero-order chi connectivity index (χ0) is 37.9. The van der Waals surface area contributed by atoms with Gasteiger partial charge in [-0.1, -0.05) is 158 Å². The lowest BCUT2D eigenvalue weighted by Gasteiger charge is -2.39. The molecule has 57 heavy (non-hydrogen) atoms. The van der Waals surface area contributed by atoms with E-state index in [0.717, 1.165) is 84.2 Å². The zero-order valence-electron chi connectivity index (χ0n) is 30.9. The third-order valence-corrected chi connectivity index (χ3v) is 11.5. The third-order valence-electron chi connectivity index (χ3n) is 11.5. The minimum atomic E-state index is -0.589. The molecule has 2 N–H and O–H groups in total. The smallest absolute Gasteiger partial charge is 0.160 e. The first-order valence-electron chi connectivity index (χ1n) is 19.3. The van der Waals surface area contributed by atoms with E-state index in [0.29, 0.717) is 5.82 Å². The number of nitrogens with two attached hydrogens (primary N) is 1. The molecule has 8 aromatic carbocycles. The summed E-state index contributed by atoms with van der Waals surface area (Å²) in [5, 5.41) is 0. The van der Waals surface area contributed by atoms with Crippen LogP contribution in [0.1, 0.15) is 22.3 Å². The summed E-state index contributed by atoms with van der Waals surface area (Å²) in [6.45, 7) is 0. The van der Waals surface area contributed by atoms with Crippen molar-refractivity contribution in [2.45, 2.75) is 5.41 Å². The van der Waals surface area contributed by atoms with Crippen LogP contribution in [0.25, 0.3) is 67.3 Å². The fourth-order valence-electron chi connectivity index (χ4n) is 8.85. The normalized spacial score (nSPS) is 12.9. The molecule has 0 saturated carbocycles. The molecule has 1 spiro atoms. The third kappa shape index (κ3) is 5.30. The second-order valence-corrected chi connectivity index (χ2v) is 14.8. The number of benzene rings is 8. The van der Waals surface area contributed by atoms with E-state index in [4.69, 9.17) is 20.4 Å². The van der Waals surface area contributed by atoms with Gasteiger partial charge in [0.25, 0.3) is 0 Å². The van der Waals surface area contributed by atoms with Crippen LogP contribution in [0, 0.1) is 0 Å². The number of aromatic nitrogens is 2. The van der Waals surface area contributed by atoms with E-state index in [2.05, 4.69) is 176 Å². The zero-order valence-corrected chi connectivity index (χ0v) is 30.9. The van der Waals surface area contributed by atoms with Crippen molar-refractivity contribution in [2.24, 2.45) is 0 Å². The summed E-state index contributed by atoms with van der Waals surface area (Å²) in [5.74, 6) is 2.42. The van der Waals surface area contributed by atoms with E-state index in [1.54, 1.807) is 0 Å². The Labute approximate surface area is 331 Å². The molecule has 1 aromatic heterocycles. The Morgan fingerprint density at radius 1 is 0.351 bits per heavy atom. The Morgan fingerprint density at radius 3 is 1.32 bits per heavy atom. The monoisotopic (exact) mass is 729 g/mol. The molecule has 0 saturated heterocycles. The Balaban J connectivity index is 1.13. The molecule has 9 aromatic rings. The molecular weight excluding hydrogens is 695 g/mol. The van der Waals surface area contributed by atoms with Crippen LogP contribution in [0.3, 0.4) is 0 Å². The van der Waals surface area contributed by atoms with Gasteiger partial charge in [0, 0.05) is 33.5 Å². The minimum absolute atomic E-state index is 0.589. The van der Waals surface area contributed by atoms with E-state index in [9.17, 15) is 0 Å². The van der Waals surface area contributed by atoms with Crippen molar-refractivity contribution < 1.29 is 4.74 Å². The standard InChI is InChI=1S/C53H35N3O/c54-41-27-23-35(24-28-41)34-19-21-36(22-20-34)39-25-29-44-42(31-39)43-32-40(52-55-48(37-11-3-1-4-12-37)33-49(56-52)38-13-5-2-6-14-38)26-30-45(43)53(44)46-15-7-9-17-50(46)57-51-18-10-8-16-47(51)53/h1-33H,54H2. The predicted octanol–water partition coefficient (Wildman–Crippen LogP) is 12.9. The van der Waals surface area contributed by atoms with Crippen LogP contribution in [0.2, 0.25) is 0 Å². The fraction of sp³-hybridized carbons (Fsp3) is 0.0189. The van der Waals surface area contributed by atoms with Gasteiger partial charge in [-0.05, 0) is 87.0 Å². The van der Waals surface area contributed by atoms with Crippen LogP contribution >= 0.6 is 0 Å². The highest BCUT2D eigenvalue weighted by Crippen LogP contribution is 2.62. The van der Waals surface area contributed by atoms with Crippen LogP contribution in [-0.4, -0.2) is 9.97 Å². The Kier molecular flexibility index (Phi) is 7.51. The van der Waals surface area contributed by atoms with Crippen molar-refractivity contribution in [1.29, 1.82) is 0 Å². The van der Waals surface area contributed by atoms with E-state index >= 15 is 0 Å². The summed E-state index contributed by atoms with van der Waals surface area (Å²) in [5.41, 5.74) is 22.6. The van der Waals surface area contributed by atoms with Gasteiger partial charge in [0.05, 0.1) is 16.8 Å². The van der Waals surface area contributed by atoms with Gasteiger partial charge in [-0.25, -0.2) is 9.97 Å². The van der Waals surface area contributed by atoms with Crippen molar-refractivity contribution in [3.8, 4) is 78.8 Å². The number of nitrogens with zero attached hydrogens (tertiary/aromatic N) is 2. The van der Waals surface area contributed by atoms with E-state index < -0.39 is 5.41 Å². The molecule has 0 radical (unpaired) electrons. The number of hydrogen-bond acceptors (Lipinski definition) is 4. The highest BCUT2D eigenvalue weighted by molar-refractivity contribution is 5.92. The first-order valence-corrected chi connectivity index (χ1v) is 19.3. The summed E-state index contributed by atoms with van der Waals surface area (Å²) in [4.78, 5) is 10.4. The van der Waals surface area contributed by atoms with Crippen LogP contribution in [0.4, 0.5) is 5.69 Å². The Morgan fingerprint density at radius 2 is 0.772 bits per heavy atom. The summed E-state index contributed by atoms with van der Waals surface area (Å²) >= 11 is 0. The predicted molar refractivity (Wildman–Crippen MR) is 231 cm³/mol. The maximum Gasteiger partial charge on any atom is 0.160 e. The van der Waals surface area contributed by atoms with Gasteiger partial charge in [-0.15, -0.1) is 0 Å². The average molecular weight is 730 g/mol. The number of rotatable bonds is 5. The van der Waals surface area contributed by atoms with Gasteiger partial charge < -0.3 is 10.5 Å². The van der Waals surface area contributed by atoms with Crippen molar-refractivity contribution >= 4 is 5.69 Å². The topological polar surface area (TPSA) is 61.0 Å². The SMILES string of the molecule is Nc1ccc(-c2ccc(-c3ccc4c(c3)-c3cc(-c5nc(-c6ccccc6)cc(-c6ccccc6)n5)ccc3C43c4ccccc4Oc4ccccc43)cc2)cc1. The van der Waals surface area contributed by atoms with Crippen molar-refractivity contribution in [2.75, 3.05) is 5.73 Å². The van der Waals surface area contributed by atoms with E-state index in [1.807, 2.05) is 24.3 Å². The molecule has 1 aliphatic heterocycles.